The fourth-order valence-electron chi connectivity index (χ4n) is 3.17. The monoisotopic (exact) mass is 264 g/mol. The molecule has 98 valence electrons. The van der Waals surface area contributed by atoms with Crippen molar-refractivity contribution in [1.29, 1.82) is 0 Å². The molecule has 2 fully saturated rings. The number of amides is 1. The van der Waals surface area contributed by atoms with Gasteiger partial charge in [-0.1, -0.05) is 12.8 Å². The van der Waals surface area contributed by atoms with Crippen molar-refractivity contribution in [2.75, 3.05) is 6.54 Å². The average Bonchev–Trinajstić information content (AvgIpc) is 2.42. The van der Waals surface area contributed by atoms with E-state index in [1.165, 1.54) is 11.3 Å². The number of hydrogen-bond donors (Lipinski definition) is 2. The van der Waals surface area contributed by atoms with Crippen molar-refractivity contribution in [2.24, 2.45) is 11.7 Å². The predicted molar refractivity (Wildman–Crippen MR) is 69.5 cm³/mol. The summed E-state index contributed by atoms with van der Waals surface area (Å²) in [6, 6.07) is -0.416. The van der Waals surface area contributed by atoms with Gasteiger partial charge in [0.15, 0.2) is 0 Å². The molecular formula is C12H21N2NaO3. The number of nitrogens with zero attached hydrogens (tertiary/aromatic N) is 1. The molecule has 6 heteroatoms. The number of fused-ring (bicyclic) bond motifs is 1. The van der Waals surface area contributed by atoms with E-state index in [1.807, 2.05) is 0 Å². The molecule has 3 atom stereocenters. The molecule has 3 unspecified atom stereocenters. The summed E-state index contributed by atoms with van der Waals surface area (Å²) >= 11 is 0. The third-order valence-corrected chi connectivity index (χ3v) is 4.02. The van der Waals surface area contributed by atoms with Crippen molar-refractivity contribution in [1.82, 2.24) is 4.90 Å². The first-order chi connectivity index (χ1) is 8.09. The Hall–Kier alpha value is -0.100. The van der Waals surface area contributed by atoms with Gasteiger partial charge in [0.1, 0.15) is 6.54 Å². The Labute approximate surface area is 129 Å². The Bertz CT molecular complexity index is 324. The Kier molecular flexibility index (Phi) is 6.11. The molecule has 0 aromatic rings. The van der Waals surface area contributed by atoms with Gasteiger partial charge in [0.05, 0.1) is 6.04 Å². The summed E-state index contributed by atoms with van der Waals surface area (Å²) in [5.41, 5.74) is 5.81. The van der Waals surface area contributed by atoms with Gasteiger partial charge < -0.3 is 15.7 Å². The van der Waals surface area contributed by atoms with Crippen LogP contribution < -0.4 is 5.73 Å². The van der Waals surface area contributed by atoms with E-state index >= 15 is 0 Å². The van der Waals surface area contributed by atoms with Crippen molar-refractivity contribution in [2.45, 2.75) is 50.6 Å². The topological polar surface area (TPSA) is 83.6 Å². The Morgan fingerprint density at radius 2 is 1.94 bits per heavy atom. The molecule has 0 aromatic carbocycles. The van der Waals surface area contributed by atoms with Crippen LogP contribution in [-0.4, -0.2) is 70.1 Å². The Morgan fingerprint density at radius 1 is 1.28 bits per heavy atom. The predicted octanol–water partition coefficient (Wildman–Crippen LogP) is -0.0690. The van der Waals surface area contributed by atoms with Crippen LogP contribution >= 0.6 is 0 Å². The maximum atomic E-state index is 12.1. The van der Waals surface area contributed by atoms with Gasteiger partial charge in [-0.2, -0.15) is 0 Å². The zero-order valence-corrected chi connectivity index (χ0v) is 9.97. The maximum absolute atomic E-state index is 12.1. The molecule has 1 saturated heterocycles. The number of rotatable bonds is 2. The number of carboxylic acid groups (broad SMARTS) is 1. The van der Waals surface area contributed by atoms with E-state index in [0.717, 1.165) is 25.7 Å². The zero-order valence-electron chi connectivity index (χ0n) is 9.97. The third-order valence-electron chi connectivity index (χ3n) is 4.02. The van der Waals surface area contributed by atoms with Gasteiger partial charge in [0.25, 0.3) is 0 Å². The van der Waals surface area contributed by atoms with Crippen LogP contribution in [0, 0.1) is 5.92 Å². The molecule has 1 amide bonds. The van der Waals surface area contributed by atoms with Gasteiger partial charge in [-0.05, 0) is 31.6 Å². The molecular weight excluding hydrogens is 243 g/mol. The van der Waals surface area contributed by atoms with Gasteiger partial charge in [-0.3, -0.25) is 9.59 Å². The van der Waals surface area contributed by atoms with Crippen LogP contribution in [0.4, 0.5) is 0 Å². The SMILES string of the molecule is NC1CCC2CCCCC2N(CC(=O)O)C1=O.[NaH]. The van der Waals surface area contributed by atoms with E-state index in [-0.39, 0.29) is 48.1 Å². The second-order valence-corrected chi connectivity index (χ2v) is 5.16. The molecule has 1 heterocycles. The average molecular weight is 264 g/mol. The molecule has 0 radical (unpaired) electrons. The van der Waals surface area contributed by atoms with E-state index in [2.05, 4.69) is 0 Å². The quantitative estimate of drug-likeness (QED) is 0.684. The number of carbonyl (C=O) groups is 2. The van der Waals surface area contributed by atoms with E-state index in [1.54, 1.807) is 0 Å². The summed E-state index contributed by atoms with van der Waals surface area (Å²) in [4.78, 5) is 24.5. The number of carbonyl (C=O) groups excluding carboxylic acids is 1. The molecule has 2 rings (SSSR count). The van der Waals surface area contributed by atoms with Gasteiger partial charge >= 0.3 is 35.5 Å². The van der Waals surface area contributed by atoms with E-state index in [9.17, 15) is 9.59 Å². The van der Waals surface area contributed by atoms with Crippen molar-refractivity contribution in [3.63, 3.8) is 0 Å². The molecule has 1 aliphatic carbocycles. The molecule has 1 aliphatic heterocycles. The van der Waals surface area contributed by atoms with Crippen LogP contribution in [0.1, 0.15) is 38.5 Å². The Balaban J connectivity index is 0.00000162. The summed E-state index contributed by atoms with van der Waals surface area (Å²) in [7, 11) is 0. The van der Waals surface area contributed by atoms with Crippen molar-refractivity contribution >= 4 is 41.4 Å². The molecule has 0 bridgehead atoms. The number of carboxylic acids is 1. The van der Waals surface area contributed by atoms with Crippen LogP contribution in [0.3, 0.4) is 0 Å². The summed E-state index contributed by atoms with van der Waals surface area (Å²) in [5, 5.41) is 8.92. The first-order valence-corrected chi connectivity index (χ1v) is 6.37. The van der Waals surface area contributed by atoms with Gasteiger partial charge in [-0.15, -0.1) is 0 Å². The van der Waals surface area contributed by atoms with Crippen molar-refractivity contribution in [3.05, 3.63) is 0 Å². The molecule has 0 spiro atoms. The fraction of sp³-hybridized carbons (Fsp3) is 0.833. The summed E-state index contributed by atoms with van der Waals surface area (Å²) < 4.78 is 0. The van der Waals surface area contributed by atoms with Crippen LogP contribution in [0.5, 0.6) is 0 Å². The zero-order chi connectivity index (χ0) is 12.4. The Morgan fingerprint density at radius 3 is 2.61 bits per heavy atom. The number of hydrogen-bond acceptors (Lipinski definition) is 3. The van der Waals surface area contributed by atoms with Crippen molar-refractivity contribution < 1.29 is 14.7 Å². The van der Waals surface area contributed by atoms with Gasteiger partial charge in [0, 0.05) is 6.04 Å². The van der Waals surface area contributed by atoms with Gasteiger partial charge in [-0.25, -0.2) is 0 Å². The van der Waals surface area contributed by atoms with Crippen LogP contribution in [0.15, 0.2) is 0 Å². The standard InChI is InChI=1S/C12H20N2O3.Na.H/c13-9-6-5-8-3-1-2-4-10(8)14(12(9)17)7-11(15)16;;/h8-10H,1-7,13H2,(H,15,16);;. The fourth-order valence-corrected chi connectivity index (χ4v) is 3.17. The number of likely N-dealkylation sites (tertiary alicyclic amines) is 1. The van der Waals surface area contributed by atoms with Crippen LogP contribution in [0.2, 0.25) is 0 Å². The molecule has 1 saturated carbocycles. The number of aliphatic carboxylic acids is 1. The van der Waals surface area contributed by atoms with E-state index in [4.69, 9.17) is 10.8 Å². The van der Waals surface area contributed by atoms with Crippen LogP contribution in [-0.2, 0) is 9.59 Å². The first-order valence-electron chi connectivity index (χ1n) is 6.37. The van der Waals surface area contributed by atoms with E-state index in [0.29, 0.717) is 12.3 Å². The van der Waals surface area contributed by atoms with Crippen LogP contribution in [0.25, 0.3) is 0 Å². The van der Waals surface area contributed by atoms with Crippen molar-refractivity contribution in [3.8, 4) is 0 Å². The summed E-state index contributed by atoms with van der Waals surface area (Å²) in [6.07, 6.45) is 5.94. The molecule has 18 heavy (non-hydrogen) atoms. The molecule has 3 N–H and O–H groups in total. The second kappa shape index (κ2) is 6.89. The number of nitrogens with two attached hydrogens (primary N) is 1. The molecule has 5 nitrogen and oxygen atoms in total. The molecule has 0 aromatic heterocycles. The third kappa shape index (κ3) is 3.47. The second-order valence-electron chi connectivity index (χ2n) is 5.16. The summed E-state index contributed by atoms with van der Waals surface area (Å²) in [6.45, 7) is -0.201. The molecule has 2 aliphatic rings. The van der Waals surface area contributed by atoms with E-state index < -0.39 is 12.0 Å². The summed E-state index contributed by atoms with van der Waals surface area (Å²) in [5.74, 6) is -0.681. The first kappa shape index (κ1) is 16.0. The minimum absolute atomic E-state index is 0. The minimum atomic E-state index is -0.947. The van der Waals surface area contributed by atoms with Gasteiger partial charge in [0.2, 0.25) is 5.91 Å². The normalized spacial score (nSPS) is 32.2.